The molecule has 2 rings (SSSR count). The second-order valence-corrected chi connectivity index (χ2v) is 6.77. The molecule has 3 nitrogen and oxygen atoms in total. The molecule has 0 aliphatic carbocycles. The topological polar surface area (TPSA) is 46.2 Å². The normalized spacial score (nSPS) is 21.2. The lowest BCUT2D eigenvalue weighted by atomic mass is 10.4. The fourth-order valence-corrected chi connectivity index (χ4v) is 4.22. The van der Waals surface area contributed by atoms with Gasteiger partial charge >= 0.3 is 0 Å². The number of hydrogen-bond acceptors (Lipinski definition) is 3. The minimum atomic E-state index is -3.34. The van der Waals surface area contributed by atoms with E-state index in [9.17, 15) is 8.42 Å². The number of nitrogens with one attached hydrogen (secondary N) is 1. The number of benzene rings is 1. The lowest BCUT2D eigenvalue weighted by molar-refractivity contribution is 0.583. The van der Waals surface area contributed by atoms with Crippen molar-refractivity contribution in [3.63, 3.8) is 0 Å². The van der Waals surface area contributed by atoms with Crippen LogP contribution in [0.1, 0.15) is 6.42 Å². The Morgan fingerprint density at radius 1 is 1.31 bits per heavy atom. The quantitative estimate of drug-likeness (QED) is 0.902. The van der Waals surface area contributed by atoms with Gasteiger partial charge < -0.3 is 5.32 Å². The van der Waals surface area contributed by atoms with Gasteiger partial charge in [0.1, 0.15) is 0 Å². The van der Waals surface area contributed by atoms with E-state index in [0.717, 1.165) is 6.54 Å². The van der Waals surface area contributed by atoms with Crippen molar-refractivity contribution in [2.24, 2.45) is 0 Å². The third kappa shape index (κ3) is 2.20. The molecule has 1 aromatic carbocycles. The number of halogens is 2. The van der Waals surface area contributed by atoms with Gasteiger partial charge in [0, 0.05) is 11.6 Å². The van der Waals surface area contributed by atoms with E-state index in [1.54, 1.807) is 6.07 Å². The molecule has 1 aromatic rings. The molecule has 0 aromatic heterocycles. The molecule has 1 heterocycles. The maximum absolute atomic E-state index is 12.2. The van der Waals surface area contributed by atoms with E-state index in [2.05, 4.69) is 5.32 Å². The highest BCUT2D eigenvalue weighted by Crippen LogP contribution is 2.29. The third-order valence-electron chi connectivity index (χ3n) is 2.65. The van der Waals surface area contributed by atoms with Gasteiger partial charge in [0.2, 0.25) is 0 Å². The Morgan fingerprint density at radius 2 is 2.06 bits per heavy atom. The molecule has 1 atom stereocenters. The molecular weight excluding hydrogens is 269 g/mol. The van der Waals surface area contributed by atoms with Crippen LogP contribution in [0.15, 0.2) is 23.1 Å². The zero-order chi connectivity index (χ0) is 11.8. The maximum Gasteiger partial charge on any atom is 0.183 e. The number of hydrogen-bond donors (Lipinski definition) is 1. The van der Waals surface area contributed by atoms with Gasteiger partial charge in [0.15, 0.2) is 9.84 Å². The Kier molecular flexibility index (Phi) is 3.45. The molecule has 1 N–H and O–H groups in total. The van der Waals surface area contributed by atoms with E-state index in [1.807, 2.05) is 0 Å². The van der Waals surface area contributed by atoms with E-state index in [0.29, 0.717) is 18.0 Å². The second kappa shape index (κ2) is 4.53. The molecule has 0 amide bonds. The summed E-state index contributed by atoms with van der Waals surface area (Å²) in [6.45, 7) is 1.22. The van der Waals surface area contributed by atoms with Gasteiger partial charge in [-0.25, -0.2) is 8.42 Å². The summed E-state index contributed by atoms with van der Waals surface area (Å²) in [5.74, 6) is 0. The Bertz CT molecular complexity index is 496. The largest absolute Gasteiger partial charge is 0.315 e. The van der Waals surface area contributed by atoms with Crippen LogP contribution in [0.2, 0.25) is 10.0 Å². The van der Waals surface area contributed by atoms with Crippen LogP contribution in [0.3, 0.4) is 0 Å². The summed E-state index contributed by atoms with van der Waals surface area (Å²) >= 11 is 11.6. The van der Waals surface area contributed by atoms with Crippen LogP contribution in [0.25, 0.3) is 0 Å². The van der Waals surface area contributed by atoms with Crippen LogP contribution in [0.4, 0.5) is 0 Å². The minimum Gasteiger partial charge on any atom is -0.315 e. The number of rotatable bonds is 2. The molecule has 0 spiro atoms. The fraction of sp³-hybridized carbons (Fsp3) is 0.400. The Morgan fingerprint density at radius 3 is 2.62 bits per heavy atom. The minimum absolute atomic E-state index is 0.173. The average Bonchev–Trinajstić information content (AvgIpc) is 2.69. The van der Waals surface area contributed by atoms with Gasteiger partial charge in [-0.15, -0.1) is 0 Å². The van der Waals surface area contributed by atoms with Crippen molar-refractivity contribution in [3.8, 4) is 0 Å². The van der Waals surface area contributed by atoms with Gasteiger partial charge in [-0.3, -0.25) is 0 Å². The second-order valence-electron chi connectivity index (χ2n) is 3.73. The first-order chi connectivity index (χ1) is 7.51. The van der Waals surface area contributed by atoms with Crippen molar-refractivity contribution in [2.75, 3.05) is 13.1 Å². The molecule has 0 unspecified atom stereocenters. The highest BCUT2D eigenvalue weighted by molar-refractivity contribution is 7.92. The van der Waals surface area contributed by atoms with Gasteiger partial charge in [0.25, 0.3) is 0 Å². The molecule has 1 aliphatic heterocycles. The molecule has 0 saturated carbocycles. The predicted octanol–water partition coefficient (Wildman–Crippen LogP) is 2.13. The fourth-order valence-electron chi connectivity index (χ4n) is 1.78. The first-order valence-electron chi connectivity index (χ1n) is 4.91. The van der Waals surface area contributed by atoms with Crippen LogP contribution in [0, 0.1) is 0 Å². The molecule has 88 valence electrons. The highest BCUT2D eigenvalue weighted by atomic mass is 35.5. The first-order valence-corrected chi connectivity index (χ1v) is 7.22. The maximum atomic E-state index is 12.2. The lowest BCUT2D eigenvalue weighted by Gasteiger charge is -2.11. The van der Waals surface area contributed by atoms with Gasteiger partial charge in [-0.2, -0.15) is 0 Å². The summed E-state index contributed by atoms with van der Waals surface area (Å²) in [4.78, 5) is 0.173. The van der Waals surface area contributed by atoms with Crippen molar-refractivity contribution < 1.29 is 8.42 Å². The Balaban J connectivity index is 2.42. The number of sulfone groups is 1. The van der Waals surface area contributed by atoms with E-state index in [4.69, 9.17) is 23.2 Å². The van der Waals surface area contributed by atoms with Crippen molar-refractivity contribution in [1.82, 2.24) is 5.32 Å². The molecule has 16 heavy (non-hydrogen) atoms. The van der Waals surface area contributed by atoms with Gasteiger partial charge in [-0.1, -0.05) is 23.2 Å². The van der Waals surface area contributed by atoms with Crippen LogP contribution in [-0.2, 0) is 9.84 Å². The van der Waals surface area contributed by atoms with E-state index >= 15 is 0 Å². The third-order valence-corrected chi connectivity index (χ3v) is 5.56. The van der Waals surface area contributed by atoms with Crippen LogP contribution in [0.5, 0.6) is 0 Å². The summed E-state index contributed by atoms with van der Waals surface area (Å²) in [5.41, 5.74) is 0. The van der Waals surface area contributed by atoms with Crippen molar-refractivity contribution in [1.29, 1.82) is 0 Å². The van der Waals surface area contributed by atoms with Crippen LogP contribution in [-0.4, -0.2) is 26.8 Å². The zero-order valence-electron chi connectivity index (χ0n) is 8.41. The Hall–Kier alpha value is -0.290. The molecule has 0 radical (unpaired) electrons. The summed E-state index contributed by atoms with van der Waals surface area (Å²) < 4.78 is 24.4. The summed E-state index contributed by atoms with van der Waals surface area (Å²) in [7, 11) is -3.34. The molecule has 1 aliphatic rings. The monoisotopic (exact) mass is 279 g/mol. The standard InChI is InChI=1S/C10H11Cl2NO2S/c11-7-1-2-10(9(12)5-7)16(14,15)8-3-4-13-6-8/h1-2,5,8,13H,3-4,6H2/t8-/m0/s1. The molecule has 6 heteroatoms. The molecule has 0 bridgehead atoms. The molecular formula is C10H11Cl2NO2S. The zero-order valence-corrected chi connectivity index (χ0v) is 10.7. The summed E-state index contributed by atoms with van der Waals surface area (Å²) in [5, 5.41) is 3.28. The molecule has 1 fully saturated rings. The predicted molar refractivity (Wildman–Crippen MR) is 64.9 cm³/mol. The van der Waals surface area contributed by atoms with Gasteiger partial charge in [0.05, 0.1) is 15.2 Å². The average molecular weight is 280 g/mol. The molecule has 1 saturated heterocycles. The van der Waals surface area contributed by atoms with E-state index < -0.39 is 9.84 Å². The van der Waals surface area contributed by atoms with Crippen LogP contribution >= 0.6 is 23.2 Å². The Labute approximate surface area is 105 Å². The van der Waals surface area contributed by atoms with Gasteiger partial charge in [-0.05, 0) is 31.2 Å². The summed E-state index contributed by atoms with van der Waals surface area (Å²) in [6.07, 6.45) is 0.626. The van der Waals surface area contributed by atoms with Crippen LogP contribution < -0.4 is 5.32 Å². The highest BCUT2D eigenvalue weighted by Gasteiger charge is 2.31. The van der Waals surface area contributed by atoms with Crippen molar-refractivity contribution >= 4 is 33.0 Å². The van der Waals surface area contributed by atoms with E-state index in [-0.39, 0.29) is 15.2 Å². The van der Waals surface area contributed by atoms with Crippen molar-refractivity contribution in [3.05, 3.63) is 28.2 Å². The summed E-state index contributed by atoms with van der Waals surface area (Å²) in [6, 6.07) is 4.47. The van der Waals surface area contributed by atoms with Crippen molar-refractivity contribution in [2.45, 2.75) is 16.6 Å². The SMILES string of the molecule is O=S(=O)(c1ccc(Cl)cc1Cl)[C@H]1CCNC1. The van der Waals surface area contributed by atoms with E-state index in [1.165, 1.54) is 12.1 Å². The first kappa shape index (κ1) is 12.2. The smallest absolute Gasteiger partial charge is 0.183 e. The lowest BCUT2D eigenvalue weighted by Crippen LogP contribution is -2.24.